The van der Waals surface area contributed by atoms with E-state index in [4.69, 9.17) is 32.7 Å². The number of methoxy groups -OCH3 is 2. The van der Waals surface area contributed by atoms with Gasteiger partial charge in [0.25, 0.3) is 0 Å². The van der Waals surface area contributed by atoms with Gasteiger partial charge < -0.3 is 19.7 Å². The molecular weight excluding hydrogens is 565 g/mol. The second kappa shape index (κ2) is 13.6. The van der Waals surface area contributed by atoms with Crippen LogP contribution in [0.4, 0.5) is 5.69 Å². The SMILES string of the molecule is CC[C@H](C(=O)NC1CCCC1)N(Cc1c(Cl)cccc1Cl)C(=O)CN(c1cc(OC)ccc1OC)S(C)(=O)=O. The van der Waals surface area contributed by atoms with E-state index in [9.17, 15) is 18.0 Å². The number of anilines is 1. The monoisotopic (exact) mass is 599 g/mol. The molecule has 1 aliphatic carbocycles. The summed E-state index contributed by atoms with van der Waals surface area (Å²) >= 11 is 12.9. The number of nitrogens with zero attached hydrogens (tertiary/aromatic N) is 2. The fourth-order valence-electron chi connectivity index (χ4n) is 4.73. The van der Waals surface area contributed by atoms with E-state index in [1.54, 1.807) is 37.3 Å². The highest BCUT2D eigenvalue weighted by Crippen LogP contribution is 2.34. The zero-order chi connectivity index (χ0) is 28.7. The molecule has 1 fully saturated rings. The van der Waals surface area contributed by atoms with Crippen molar-refractivity contribution >= 4 is 50.7 Å². The van der Waals surface area contributed by atoms with Gasteiger partial charge in [0.1, 0.15) is 24.1 Å². The summed E-state index contributed by atoms with van der Waals surface area (Å²) < 4.78 is 37.5. The Morgan fingerprint density at radius 2 is 1.72 bits per heavy atom. The maximum absolute atomic E-state index is 14.0. The number of hydrogen-bond donors (Lipinski definition) is 1. The molecule has 1 N–H and O–H groups in total. The smallest absolute Gasteiger partial charge is 0.244 e. The number of hydrogen-bond acceptors (Lipinski definition) is 6. The second-order valence-corrected chi connectivity index (χ2v) is 12.2. The van der Waals surface area contributed by atoms with Crippen LogP contribution in [0.15, 0.2) is 36.4 Å². The fourth-order valence-corrected chi connectivity index (χ4v) is 6.09. The van der Waals surface area contributed by atoms with Crippen molar-refractivity contribution in [1.29, 1.82) is 0 Å². The first kappa shape index (κ1) is 30.8. The Balaban J connectivity index is 2.03. The van der Waals surface area contributed by atoms with Crippen molar-refractivity contribution in [3.05, 3.63) is 52.0 Å². The second-order valence-electron chi connectivity index (χ2n) is 9.44. The summed E-state index contributed by atoms with van der Waals surface area (Å²) in [4.78, 5) is 28.8. The summed E-state index contributed by atoms with van der Waals surface area (Å²) in [6, 6.07) is 8.81. The van der Waals surface area contributed by atoms with Crippen molar-refractivity contribution in [1.82, 2.24) is 10.2 Å². The lowest BCUT2D eigenvalue weighted by Crippen LogP contribution is -2.53. The zero-order valence-electron chi connectivity index (χ0n) is 22.6. The highest BCUT2D eigenvalue weighted by molar-refractivity contribution is 7.92. The summed E-state index contributed by atoms with van der Waals surface area (Å²) in [7, 11) is -1.11. The van der Waals surface area contributed by atoms with E-state index in [1.807, 2.05) is 0 Å². The topological polar surface area (TPSA) is 105 Å². The molecule has 12 heteroatoms. The number of carbonyl (C=O) groups excluding carboxylic acids is 2. The van der Waals surface area contributed by atoms with Gasteiger partial charge >= 0.3 is 0 Å². The number of carbonyl (C=O) groups is 2. The molecule has 39 heavy (non-hydrogen) atoms. The molecule has 1 atom stereocenters. The third-order valence-electron chi connectivity index (χ3n) is 6.81. The average Bonchev–Trinajstić information content (AvgIpc) is 3.40. The quantitative estimate of drug-likeness (QED) is 0.381. The van der Waals surface area contributed by atoms with Crippen LogP contribution >= 0.6 is 23.2 Å². The van der Waals surface area contributed by atoms with Crippen LogP contribution in [0, 0.1) is 0 Å². The minimum Gasteiger partial charge on any atom is -0.497 e. The van der Waals surface area contributed by atoms with Gasteiger partial charge in [-0.3, -0.25) is 13.9 Å². The van der Waals surface area contributed by atoms with E-state index in [0.717, 1.165) is 36.2 Å². The Bertz CT molecular complexity index is 1260. The molecule has 2 aromatic carbocycles. The van der Waals surface area contributed by atoms with Crippen LogP contribution in [0.2, 0.25) is 10.0 Å². The highest BCUT2D eigenvalue weighted by Gasteiger charge is 2.34. The van der Waals surface area contributed by atoms with E-state index < -0.39 is 28.5 Å². The zero-order valence-corrected chi connectivity index (χ0v) is 24.9. The van der Waals surface area contributed by atoms with Crippen molar-refractivity contribution < 1.29 is 27.5 Å². The lowest BCUT2D eigenvalue weighted by Gasteiger charge is -2.34. The highest BCUT2D eigenvalue weighted by atomic mass is 35.5. The average molecular weight is 601 g/mol. The number of amides is 2. The van der Waals surface area contributed by atoms with E-state index >= 15 is 0 Å². The van der Waals surface area contributed by atoms with Crippen molar-refractivity contribution in [2.45, 2.75) is 57.7 Å². The van der Waals surface area contributed by atoms with Gasteiger partial charge in [0, 0.05) is 34.3 Å². The molecule has 9 nitrogen and oxygen atoms in total. The van der Waals surface area contributed by atoms with Crippen molar-refractivity contribution in [2.24, 2.45) is 0 Å². The minimum absolute atomic E-state index is 0.0426. The Hall–Kier alpha value is -2.69. The molecule has 214 valence electrons. The summed E-state index contributed by atoms with van der Waals surface area (Å²) in [6.07, 6.45) is 5.12. The van der Waals surface area contributed by atoms with Crippen molar-refractivity contribution in [3.8, 4) is 11.5 Å². The third kappa shape index (κ3) is 7.70. The van der Waals surface area contributed by atoms with Crippen LogP contribution in [-0.2, 0) is 26.2 Å². The molecule has 0 aromatic heterocycles. The molecule has 0 saturated heterocycles. The molecule has 1 aliphatic rings. The van der Waals surface area contributed by atoms with E-state index in [1.165, 1.54) is 25.2 Å². The maximum Gasteiger partial charge on any atom is 0.244 e. The lowest BCUT2D eigenvalue weighted by molar-refractivity contribution is -0.140. The minimum atomic E-state index is -3.97. The molecule has 0 radical (unpaired) electrons. The lowest BCUT2D eigenvalue weighted by atomic mass is 10.1. The van der Waals surface area contributed by atoms with Crippen molar-refractivity contribution in [2.75, 3.05) is 31.3 Å². The van der Waals surface area contributed by atoms with Crippen LogP contribution in [0.5, 0.6) is 11.5 Å². The first-order valence-electron chi connectivity index (χ1n) is 12.7. The van der Waals surface area contributed by atoms with Crippen LogP contribution in [-0.4, -0.2) is 64.2 Å². The Morgan fingerprint density at radius 3 is 2.26 bits per heavy atom. The van der Waals surface area contributed by atoms with Gasteiger partial charge in [-0.15, -0.1) is 0 Å². The normalized spacial score (nSPS) is 14.5. The first-order valence-corrected chi connectivity index (χ1v) is 15.3. The van der Waals surface area contributed by atoms with Gasteiger partial charge in [0.2, 0.25) is 21.8 Å². The molecule has 2 aromatic rings. The molecule has 0 unspecified atom stereocenters. The summed E-state index contributed by atoms with van der Waals surface area (Å²) in [6.45, 7) is 1.13. The van der Waals surface area contributed by atoms with Crippen LogP contribution in [0.25, 0.3) is 0 Å². The number of ether oxygens (including phenoxy) is 2. The molecule has 3 rings (SSSR count). The number of benzene rings is 2. The largest absolute Gasteiger partial charge is 0.497 e. The molecule has 1 saturated carbocycles. The molecule has 0 aliphatic heterocycles. The van der Waals surface area contributed by atoms with E-state index in [2.05, 4.69) is 5.32 Å². The van der Waals surface area contributed by atoms with Crippen LogP contribution in [0.1, 0.15) is 44.6 Å². The molecule has 0 spiro atoms. The van der Waals surface area contributed by atoms with Gasteiger partial charge in [-0.05, 0) is 43.5 Å². The van der Waals surface area contributed by atoms with E-state index in [-0.39, 0.29) is 29.9 Å². The van der Waals surface area contributed by atoms with Crippen molar-refractivity contribution in [3.63, 3.8) is 0 Å². The van der Waals surface area contributed by atoms with Crippen LogP contribution in [0.3, 0.4) is 0 Å². The molecule has 2 amide bonds. The number of sulfonamides is 1. The first-order chi connectivity index (χ1) is 18.5. The standard InChI is InChI=1S/C27H35Cl2N3O6S/c1-5-23(27(34)30-18-9-6-7-10-18)31(16-20-21(28)11-8-12-22(20)29)26(33)17-32(39(4,35)36)24-15-19(37-2)13-14-25(24)38-3/h8,11-15,18,23H,5-7,9-10,16-17H2,1-4H3,(H,30,34)/t23-/m1/s1. The number of rotatable bonds is 12. The molecule has 0 heterocycles. The van der Waals surface area contributed by atoms with Gasteiger partial charge in [-0.25, -0.2) is 8.42 Å². The van der Waals surface area contributed by atoms with Gasteiger partial charge in [0.15, 0.2) is 0 Å². The van der Waals surface area contributed by atoms with E-state index in [0.29, 0.717) is 27.8 Å². The Labute approximate surface area is 240 Å². The van der Waals surface area contributed by atoms with Gasteiger partial charge in [0.05, 0.1) is 26.2 Å². The summed E-state index contributed by atoms with van der Waals surface area (Å²) in [5.41, 5.74) is 0.595. The predicted octanol–water partition coefficient (Wildman–Crippen LogP) is 4.64. The molecular formula is C27H35Cl2N3O6S. The Morgan fingerprint density at radius 1 is 1.08 bits per heavy atom. The molecule has 0 bridgehead atoms. The predicted molar refractivity (Wildman–Crippen MR) is 153 cm³/mol. The maximum atomic E-state index is 14.0. The van der Waals surface area contributed by atoms with Crippen LogP contribution < -0.4 is 19.1 Å². The number of nitrogens with one attached hydrogen (secondary N) is 1. The fraction of sp³-hybridized carbons (Fsp3) is 0.481. The van der Waals surface area contributed by atoms with Gasteiger partial charge in [-0.1, -0.05) is 49.0 Å². The number of halogens is 2. The summed E-state index contributed by atoms with van der Waals surface area (Å²) in [5, 5.41) is 3.73. The summed E-state index contributed by atoms with van der Waals surface area (Å²) in [5.74, 6) is -0.282. The van der Waals surface area contributed by atoms with Gasteiger partial charge in [-0.2, -0.15) is 0 Å². The third-order valence-corrected chi connectivity index (χ3v) is 8.65. The Kier molecular flexibility index (Phi) is 10.7.